The maximum Gasteiger partial charge on any atom is 0.341 e. The van der Waals surface area contributed by atoms with E-state index in [2.05, 4.69) is 22.1 Å². The van der Waals surface area contributed by atoms with Crippen molar-refractivity contribution in [2.75, 3.05) is 18.2 Å². The Kier molecular flexibility index (Phi) is 9.67. The molecule has 40 heavy (non-hydrogen) atoms. The number of thiophene rings is 1. The first-order chi connectivity index (χ1) is 19.2. The van der Waals surface area contributed by atoms with Crippen LogP contribution in [-0.2, 0) is 22.7 Å². The molecule has 0 fully saturated rings. The van der Waals surface area contributed by atoms with E-state index in [4.69, 9.17) is 21.1 Å². The SMILES string of the molecule is C=CCn1c(COc2cc(C)c(Cl)c(C)c2)nnc1SCC(=O)Nc1scc(-c2ccc(C)cc2)c1C(=O)OC. The first-order valence-corrected chi connectivity index (χ1v) is 14.6. The number of benzene rings is 2. The predicted octanol–water partition coefficient (Wildman–Crippen LogP) is 6.87. The van der Waals surface area contributed by atoms with Crippen LogP contribution >= 0.6 is 34.7 Å². The molecule has 4 rings (SSSR count). The zero-order valence-corrected chi connectivity index (χ0v) is 25.0. The van der Waals surface area contributed by atoms with Gasteiger partial charge < -0.3 is 14.8 Å². The smallest absolute Gasteiger partial charge is 0.341 e. The number of ether oxygens (including phenoxy) is 2. The van der Waals surface area contributed by atoms with Gasteiger partial charge in [0.2, 0.25) is 5.91 Å². The fourth-order valence-corrected chi connectivity index (χ4v) is 5.82. The molecule has 8 nitrogen and oxygen atoms in total. The van der Waals surface area contributed by atoms with Crippen LogP contribution in [0.15, 0.2) is 59.6 Å². The average Bonchev–Trinajstić information content (AvgIpc) is 3.53. The Bertz CT molecular complexity index is 1520. The number of halogens is 1. The molecule has 0 bridgehead atoms. The second kappa shape index (κ2) is 13.2. The molecule has 0 spiro atoms. The molecular weight excluding hydrogens is 568 g/mol. The summed E-state index contributed by atoms with van der Waals surface area (Å²) < 4.78 is 12.8. The van der Waals surface area contributed by atoms with Crippen molar-refractivity contribution >= 4 is 51.6 Å². The highest BCUT2D eigenvalue weighted by molar-refractivity contribution is 7.99. The molecule has 2 heterocycles. The first-order valence-electron chi connectivity index (χ1n) is 12.3. The summed E-state index contributed by atoms with van der Waals surface area (Å²) in [7, 11) is 1.32. The van der Waals surface area contributed by atoms with Crippen LogP contribution in [0.25, 0.3) is 11.1 Å². The summed E-state index contributed by atoms with van der Waals surface area (Å²) >= 11 is 8.77. The number of hydrogen-bond donors (Lipinski definition) is 1. The highest BCUT2D eigenvalue weighted by Gasteiger charge is 2.23. The minimum Gasteiger partial charge on any atom is -0.486 e. The fraction of sp³-hybridized carbons (Fsp3) is 0.241. The van der Waals surface area contributed by atoms with Crippen LogP contribution in [0.5, 0.6) is 5.75 Å². The lowest BCUT2D eigenvalue weighted by Crippen LogP contribution is -2.16. The number of carbonyl (C=O) groups excluding carboxylic acids is 2. The highest BCUT2D eigenvalue weighted by Crippen LogP contribution is 2.36. The Morgan fingerprint density at radius 2 is 1.85 bits per heavy atom. The van der Waals surface area contributed by atoms with E-state index in [0.717, 1.165) is 22.3 Å². The van der Waals surface area contributed by atoms with E-state index >= 15 is 0 Å². The van der Waals surface area contributed by atoms with Crippen molar-refractivity contribution in [2.45, 2.75) is 39.1 Å². The van der Waals surface area contributed by atoms with Gasteiger partial charge in [0.05, 0.1) is 12.9 Å². The van der Waals surface area contributed by atoms with Gasteiger partial charge in [0.15, 0.2) is 11.0 Å². The number of anilines is 1. The third-order valence-corrected chi connectivity index (χ3v) is 8.47. The van der Waals surface area contributed by atoms with Gasteiger partial charge in [0.1, 0.15) is 22.9 Å². The third-order valence-electron chi connectivity index (χ3n) is 6.01. The number of aryl methyl sites for hydroxylation is 3. The highest BCUT2D eigenvalue weighted by atomic mass is 35.5. The molecule has 4 aromatic rings. The summed E-state index contributed by atoms with van der Waals surface area (Å²) in [5.74, 6) is 0.543. The molecule has 0 saturated heterocycles. The molecule has 2 aromatic heterocycles. The lowest BCUT2D eigenvalue weighted by atomic mass is 10.0. The normalized spacial score (nSPS) is 10.8. The first kappa shape index (κ1) is 29.4. The topological polar surface area (TPSA) is 95.3 Å². The number of methoxy groups -OCH3 is 1. The van der Waals surface area contributed by atoms with Crippen LogP contribution in [0.4, 0.5) is 5.00 Å². The number of carbonyl (C=O) groups is 2. The molecule has 0 saturated carbocycles. The van der Waals surface area contributed by atoms with Gasteiger partial charge in [-0.3, -0.25) is 9.36 Å². The van der Waals surface area contributed by atoms with Gasteiger partial charge in [-0.25, -0.2) is 4.79 Å². The minimum absolute atomic E-state index is 0.0596. The van der Waals surface area contributed by atoms with Crippen LogP contribution < -0.4 is 10.1 Å². The molecule has 208 valence electrons. The summed E-state index contributed by atoms with van der Waals surface area (Å²) in [5.41, 5.74) is 4.88. The van der Waals surface area contributed by atoms with E-state index in [-0.39, 0.29) is 18.3 Å². The molecule has 2 aromatic carbocycles. The third kappa shape index (κ3) is 6.75. The number of aromatic nitrogens is 3. The summed E-state index contributed by atoms with van der Waals surface area (Å²) in [6.45, 7) is 10.3. The number of esters is 1. The largest absolute Gasteiger partial charge is 0.486 e. The number of thioether (sulfide) groups is 1. The maximum absolute atomic E-state index is 12.9. The Hall–Kier alpha value is -3.60. The van der Waals surface area contributed by atoms with Gasteiger partial charge in [-0.1, -0.05) is 59.3 Å². The fourth-order valence-electron chi connectivity index (χ4n) is 3.98. The van der Waals surface area contributed by atoms with Crippen molar-refractivity contribution in [3.63, 3.8) is 0 Å². The number of rotatable bonds is 11. The molecular formula is C29H29ClN4O4S2. The zero-order valence-electron chi connectivity index (χ0n) is 22.6. The van der Waals surface area contributed by atoms with Crippen LogP contribution in [-0.4, -0.2) is 39.5 Å². The van der Waals surface area contributed by atoms with Crippen LogP contribution in [0.2, 0.25) is 5.02 Å². The van der Waals surface area contributed by atoms with Crippen LogP contribution in [0.1, 0.15) is 32.9 Å². The average molecular weight is 597 g/mol. The maximum atomic E-state index is 12.9. The Labute approximate surface area is 246 Å². The molecule has 0 radical (unpaired) electrons. The predicted molar refractivity (Wildman–Crippen MR) is 161 cm³/mol. The summed E-state index contributed by atoms with van der Waals surface area (Å²) in [6, 6.07) is 11.6. The second-order valence-electron chi connectivity index (χ2n) is 9.01. The van der Waals surface area contributed by atoms with Gasteiger partial charge in [-0.05, 0) is 49.6 Å². The molecule has 0 aliphatic heterocycles. The Morgan fingerprint density at radius 1 is 1.15 bits per heavy atom. The number of nitrogens with one attached hydrogen (secondary N) is 1. The van der Waals surface area contributed by atoms with Crippen molar-refractivity contribution in [3.05, 3.63) is 87.5 Å². The summed E-state index contributed by atoms with van der Waals surface area (Å²) in [6.07, 6.45) is 1.73. The van der Waals surface area contributed by atoms with Gasteiger partial charge in [0.25, 0.3) is 0 Å². The van der Waals surface area contributed by atoms with Crippen LogP contribution in [0.3, 0.4) is 0 Å². The van der Waals surface area contributed by atoms with Crippen molar-refractivity contribution in [3.8, 4) is 16.9 Å². The number of hydrogen-bond acceptors (Lipinski definition) is 8. The zero-order chi connectivity index (χ0) is 28.8. The molecule has 1 N–H and O–H groups in total. The lowest BCUT2D eigenvalue weighted by molar-refractivity contribution is -0.113. The van der Waals surface area contributed by atoms with Crippen molar-refractivity contribution in [1.82, 2.24) is 14.8 Å². The molecule has 0 aliphatic rings. The van der Waals surface area contributed by atoms with Crippen molar-refractivity contribution < 1.29 is 19.1 Å². The van der Waals surface area contributed by atoms with E-state index in [1.807, 2.05) is 67.1 Å². The van der Waals surface area contributed by atoms with Crippen molar-refractivity contribution in [2.24, 2.45) is 0 Å². The number of amides is 1. The monoisotopic (exact) mass is 596 g/mol. The molecule has 0 aliphatic carbocycles. The molecule has 1 amide bonds. The van der Waals surface area contributed by atoms with Gasteiger partial charge >= 0.3 is 5.97 Å². The minimum atomic E-state index is -0.513. The summed E-state index contributed by atoms with van der Waals surface area (Å²) in [4.78, 5) is 25.6. The van der Waals surface area contributed by atoms with Crippen LogP contribution in [0, 0.1) is 20.8 Å². The van der Waals surface area contributed by atoms with E-state index in [1.54, 1.807) is 6.08 Å². The summed E-state index contributed by atoms with van der Waals surface area (Å²) in [5, 5.41) is 14.9. The van der Waals surface area contributed by atoms with Gasteiger partial charge in [0, 0.05) is 22.5 Å². The van der Waals surface area contributed by atoms with E-state index in [1.165, 1.54) is 30.2 Å². The molecule has 0 atom stereocenters. The van der Waals surface area contributed by atoms with Gasteiger partial charge in [-0.2, -0.15) is 0 Å². The van der Waals surface area contributed by atoms with Crippen molar-refractivity contribution in [1.29, 1.82) is 0 Å². The second-order valence-corrected chi connectivity index (χ2v) is 11.2. The Balaban J connectivity index is 1.45. The standard InChI is InChI=1S/C29H29ClN4O4S2/c1-6-11-34-23(14-38-21-12-18(3)26(30)19(4)13-21)32-33-29(34)40-16-24(35)31-27-25(28(36)37-5)22(15-39-27)20-9-7-17(2)8-10-20/h6-10,12-13,15H,1,11,14,16H2,2-5H3,(H,31,35). The van der Waals surface area contributed by atoms with E-state index < -0.39 is 5.97 Å². The van der Waals surface area contributed by atoms with E-state index in [0.29, 0.717) is 44.4 Å². The van der Waals surface area contributed by atoms with E-state index in [9.17, 15) is 9.59 Å². The Morgan fingerprint density at radius 3 is 2.50 bits per heavy atom. The lowest BCUT2D eigenvalue weighted by Gasteiger charge is -2.11. The van der Waals surface area contributed by atoms with Gasteiger partial charge in [-0.15, -0.1) is 28.1 Å². The number of nitrogens with zero attached hydrogens (tertiary/aromatic N) is 3. The quantitative estimate of drug-likeness (QED) is 0.115. The number of allylic oxidation sites excluding steroid dienone is 1. The molecule has 11 heteroatoms. The molecule has 0 unspecified atom stereocenters.